The number of Topliss-reactive ketones (excluding diaryl/α,β-unsaturated/α-hetero) is 1. The first-order valence-electron chi connectivity index (χ1n) is 8.99. The second-order valence-corrected chi connectivity index (χ2v) is 9.07. The van der Waals surface area contributed by atoms with Gasteiger partial charge in [-0.25, -0.2) is 13.1 Å². The summed E-state index contributed by atoms with van der Waals surface area (Å²) in [5.41, 5.74) is 0.673. The number of hydrogen-bond acceptors (Lipinski definition) is 6. The van der Waals surface area contributed by atoms with Crippen molar-refractivity contribution in [2.75, 3.05) is 25.0 Å². The molecule has 1 heterocycles. The van der Waals surface area contributed by atoms with Crippen molar-refractivity contribution in [3.63, 3.8) is 0 Å². The summed E-state index contributed by atoms with van der Waals surface area (Å²) in [5, 5.41) is 12.1. The van der Waals surface area contributed by atoms with Crippen LogP contribution in [0.15, 0.2) is 47.4 Å². The molecule has 0 unspecified atom stereocenters. The lowest BCUT2D eigenvalue weighted by Crippen LogP contribution is -2.36. The van der Waals surface area contributed by atoms with E-state index in [0.717, 1.165) is 6.07 Å². The molecule has 1 aliphatic rings. The summed E-state index contributed by atoms with van der Waals surface area (Å²) in [7, 11) is -2.53. The fraction of sp³-hybridized carbons (Fsp3) is 0.316. The van der Waals surface area contributed by atoms with Crippen molar-refractivity contribution in [2.24, 2.45) is 5.92 Å². The number of hydrogen-bond donors (Lipinski definition) is 1. The van der Waals surface area contributed by atoms with Crippen molar-refractivity contribution in [1.82, 2.24) is 4.72 Å². The number of nitro groups is 1. The van der Waals surface area contributed by atoms with Crippen LogP contribution >= 0.6 is 11.6 Å². The topological polar surface area (TPSA) is 110 Å². The van der Waals surface area contributed by atoms with Gasteiger partial charge in [0.25, 0.3) is 5.69 Å². The highest BCUT2D eigenvalue weighted by atomic mass is 35.5. The third-order valence-electron chi connectivity index (χ3n) is 5.06. The van der Waals surface area contributed by atoms with E-state index >= 15 is 0 Å². The molecule has 10 heteroatoms. The number of nitrogens with zero attached hydrogens (tertiary/aromatic N) is 2. The molecule has 2 aromatic carbocycles. The fourth-order valence-corrected chi connectivity index (χ4v) is 4.31. The summed E-state index contributed by atoms with van der Waals surface area (Å²) < 4.78 is 26.0. The normalized spacial score (nSPS) is 15.3. The molecule has 0 atom stereocenters. The smallest absolute Gasteiger partial charge is 0.293 e. The summed E-state index contributed by atoms with van der Waals surface area (Å²) in [5.74, 6) is -0.137. The molecule has 3 rings (SSSR count). The van der Waals surface area contributed by atoms with Gasteiger partial charge in [0.2, 0.25) is 10.0 Å². The number of piperidine rings is 1. The van der Waals surface area contributed by atoms with Gasteiger partial charge in [-0.1, -0.05) is 11.6 Å². The molecule has 1 aliphatic heterocycles. The number of sulfonamides is 1. The van der Waals surface area contributed by atoms with Gasteiger partial charge in [-0.05, 0) is 56.3 Å². The molecule has 0 aliphatic carbocycles. The number of anilines is 1. The van der Waals surface area contributed by atoms with E-state index in [1.807, 2.05) is 4.90 Å². The Labute approximate surface area is 173 Å². The van der Waals surface area contributed by atoms with E-state index in [0.29, 0.717) is 42.2 Å². The van der Waals surface area contributed by atoms with Crippen LogP contribution in [0.25, 0.3) is 0 Å². The van der Waals surface area contributed by atoms with Crippen LogP contribution in [0, 0.1) is 16.0 Å². The van der Waals surface area contributed by atoms with Gasteiger partial charge in [-0.15, -0.1) is 0 Å². The van der Waals surface area contributed by atoms with Gasteiger partial charge >= 0.3 is 0 Å². The average Bonchev–Trinajstić information content (AvgIpc) is 2.73. The van der Waals surface area contributed by atoms with Gasteiger partial charge in [0.1, 0.15) is 5.69 Å². The van der Waals surface area contributed by atoms with Gasteiger partial charge in [-0.2, -0.15) is 0 Å². The molecule has 0 bridgehead atoms. The van der Waals surface area contributed by atoms with E-state index in [1.165, 1.54) is 19.2 Å². The molecule has 0 radical (unpaired) electrons. The van der Waals surface area contributed by atoms with Crippen molar-refractivity contribution in [3.8, 4) is 0 Å². The Bertz CT molecular complexity index is 1030. The van der Waals surface area contributed by atoms with Crippen molar-refractivity contribution in [2.45, 2.75) is 17.7 Å². The molecule has 154 valence electrons. The first-order chi connectivity index (χ1) is 13.7. The third kappa shape index (κ3) is 4.58. The monoisotopic (exact) mass is 437 g/mol. The van der Waals surface area contributed by atoms with Gasteiger partial charge in [0, 0.05) is 35.7 Å². The summed E-state index contributed by atoms with van der Waals surface area (Å²) in [6, 6.07) is 10.6. The maximum Gasteiger partial charge on any atom is 0.293 e. The van der Waals surface area contributed by atoms with Crippen LogP contribution in [-0.4, -0.2) is 39.3 Å². The Morgan fingerprint density at radius 2 is 1.79 bits per heavy atom. The number of carbonyl (C=O) groups is 1. The fourth-order valence-electron chi connectivity index (χ4n) is 3.43. The number of benzene rings is 2. The molecule has 8 nitrogen and oxygen atoms in total. The largest absolute Gasteiger partial charge is 0.366 e. The molecule has 1 saturated heterocycles. The summed E-state index contributed by atoms with van der Waals surface area (Å²) >= 11 is 5.86. The first kappa shape index (κ1) is 21.2. The standard InChI is InChI=1S/C19H20ClN3O5S/c1-21-29(27,28)16-6-7-17(18(12-16)23(25)26)22-10-8-14(9-11-22)19(24)13-2-4-15(20)5-3-13/h2-7,12,14,21H,8-11H2,1H3. The maximum atomic E-state index is 12.7. The van der Waals surface area contributed by atoms with E-state index in [9.17, 15) is 23.3 Å². The van der Waals surface area contributed by atoms with Crippen molar-refractivity contribution < 1.29 is 18.1 Å². The highest BCUT2D eigenvalue weighted by Gasteiger charge is 2.30. The number of nitro benzene ring substituents is 1. The van der Waals surface area contributed by atoms with E-state index in [4.69, 9.17) is 11.6 Å². The van der Waals surface area contributed by atoms with Gasteiger partial charge < -0.3 is 4.90 Å². The number of ketones is 1. The summed E-state index contributed by atoms with van der Waals surface area (Å²) in [6.45, 7) is 0.923. The molecule has 0 amide bonds. The zero-order valence-electron chi connectivity index (χ0n) is 15.7. The molecule has 0 saturated carbocycles. The van der Waals surface area contributed by atoms with Crippen molar-refractivity contribution >= 4 is 38.8 Å². The van der Waals surface area contributed by atoms with Crippen LogP contribution < -0.4 is 9.62 Å². The van der Waals surface area contributed by atoms with E-state index < -0.39 is 14.9 Å². The minimum atomic E-state index is -3.78. The van der Waals surface area contributed by atoms with E-state index in [-0.39, 0.29) is 22.3 Å². The van der Waals surface area contributed by atoms with Crippen LogP contribution in [0.5, 0.6) is 0 Å². The van der Waals surface area contributed by atoms with Crippen molar-refractivity contribution in [1.29, 1.82) is 0 Å². The lowest BCUT2D eigenvalue weighted by atomic mass is 9.88. The molecular formula is C19H20ClN3O5S. The Hall–Kier alpha value is -2.49. The molecule has 0 aromatic heterocycles. The zero-order chi connectivity index (χ0) is 21.2. The molecular weight excluding hydrogens is 418 g/mol. The molecule has 0 spiro atoms. The van der Waals surface area contributed by atoms with Crippen LogP contribution in [-0.2, 0) is 10.0 Å². The zero-order valence-corrected chi connectivity index (χ0v) is 17.2. The van der Waals surface area contributed by atoms with Crippen LogP contribution in [0.2, 0.25) is 5.02 Å². The lowest BCUT2D eigenvalue weighted by Gasteiger charge is -2.32. The molecule has 29 heavy (non-hydrogen) atoms. The highest BCUT2D eigenvalue weighted by Crippen LogP contribution is 2.34. The number of carbonyl (C=O) groups excluding carboxylic acids is 1. The number of nitrogens with one attached hydrogen (secondary N) is 1. The Balaban J connectivity index is 1.77. The predicted molar refractivity (Wildman–Crippen MR) is 110 cm³/mol. The average molecular weight is 438 g/mol. The van der Waals surface area contributed by atoms with E-state index in [1.54, 1.807) is 24.3 Å². The molecule has 1 N–H and O–H groups in total. The molecule has 2 aromatic rings. The van der Waals surface area contributed by atoms with Gasteiger partial charge in [-0.3, -0.25) is 14.9 Å². The van der Waals surface area contributed by atoms with Gasteiger partial charge in [0.15, 0.2) is 5.78 Å². The first-order valence-corrected chi connectivity index (χ1v) is 10.9. The number of rotatable bonds is 6. The SMILES string of the molecule is CNS(=O)(=O)c1ccc(N2CCC(C(=O)c3ccc(Cl)cc3)CC2)c([N+](=O)[O-])c1. The summed E-state index contributed by atoms with van der Waals surface area (Å²) in [4.78, 5) is 25.3. The Morgan fingerprint density at radius 1 is 1.17 bits per heavy atom. The molecule has 1 fully saturated rings. The minimum Gasteiger partial charge on any atom is -0.366 e. The van der Waals surface area contributed by atoms with Crippen LogP contribution in [0.4, 0.5) is 11.4 Å². The van der Waals surface area contributed by atoms with Crippen LogP contribution in [0.3, 0.4) is 0 Å². The van der Waals surface area contributed by atoms with E-state index in [2.05, 4.69) is 4.72 Å². The van der Waals surface area contributed by atoms with Gasteiger partial charge in [0.05, 0.1) is 9.82 Å². The van der Waals surface area contributed by atoms with Crippen LogP contribution in [0.1, 0.15) is 23.2 Å². The highest BCUT2D eigenvalue weighted by molar-refractivity contribution is 7.89. The summed E-state index contributed by atoms with van der Waals surface area (Å²) in [6.07, 6.45) is 1.10. The maximum absolute atomic E-state index is 12.7. The third-order valence-corrected chi connectivity index (χ3v) is 6.72. The number of halogens is 1. The predicted octanol–water partition coefficient (Wildman–Crippen LogP) is 3.26. The Morgan fingerprint density at radius 3 is 2.34 bits per heavy atom. The minimum absolute atomic E-state index is 0.0336. The lowest BCUT2D eigenvalue weighted by molar-refractivity contribution is -0.384. The second-order valence-electron chi connectivity index (χ2n) is 6.75. The van der Waals surface area contributed by atoms with Crippen molar-refractivity contribution in [3.05, 3.63) is 63.2 Å². The Kier molecular flexibility index (Phi) is 6.21. The second kappa shape index (κ2) is 8.48. The quantitative estimate of drug-likeness (QED) is 0.422.